The number of carbonyl (C=O) groups excluding carboxylic acids is 1. The van der Waals surface area contributed by atoms with E-state index in [1.807, 2.05) is 18.1 Å². The molecule has 0 radical (unpaired) electrons. The van der Waals surface area contributed by atoms with Crippen molar-refractivity contribution >= 4 is 11.5 Å². The monoisotopic (exact) mass is 340 g/mol. The number of rotatable bonds is 5. The van der Waals surface area contributed by atoms with Crippen molar-refractivity contribution in [3.8, 4) is 0 Å². The van der Waals surface area contributed by atoms with Gasteiger partial charge in [-0.05, 0) is 60.8 Å². The molecule has 4 heteroatoms. The summed E-state index contributed by atoms with van der Waals surface area (Å²) in [6, 6.07) is 6.34. The largest absolute Gasteiger partial charge is 0.348 e. The Morgan fingerprint density at radius 3 is 2.40 bits per heavy atom. The maximum absolute atomic E-state index is 13.3. The fourth-order valence-corrected chi connectivity index (χ4v) is 3.82. The lowest BCUT2D eigenvalue weighted by Crippen LogP contribution is -2.36. The second-order valence-electron chi connectivity index (χ2n) is 6.69. The molecule has 0 amide bonds. The summed E-state index contributed by atoms with van der Waals surface area (Å²) >= 11 is 0. The standard InChI is InChI=1S/C21H25FN2O/c1-5-15(6-2)17-11-12-24-19(13-17)23(4)21(20(24)14(3)25)16-7-9-18(22)10-8-16/h7-13,15,19H,5-6H2,1-4H3. The molecule has 0 saturated carbocycles. The second kappa shape index (κ2) is 6.87. The van der Waals surface area contributed by atoms with E-state index in [1.165, 1.54) is 17.7 Å². The molecule has 3 rings (SSSR count). The number of carbonyl (C=O) groups is 1. The lowest BCUT2D eigenvalue weighted by atomic mass is 9.91. The van der Waals surface area contributed by atoms with Gasteiger partial charge in [-0.2, -0.15) is 0 Å². The van der Waals surface area contributed by atoms with Crippen LogP contribution >= 0.6 is 0 Å². The van der Waals surface area contributed by atoms with Crippen LogP contribution in [0.4, 0.5) is 4.39 Å². The molecule has 3 nitrogen and oxygen atoms in total. The minimum absolute atomic E-state index is 0.0118. The van der Waals surface area contributed by atoms with E-state index < -0.39 is 0 Å². The molecule has 0 bridgehead atoms. The Labute approximate surface area is 149 Å². The van der Waals surface area contributed by atoms with E-state index in [2.05, 4.69) is 30.9 Å². The highest BCUT2D eigenvalue weighted by molar-refractivity contribution is 6.01. The lowest BCUT2D eigenvalue weighted by molar-refractivity contribution is -0.114. The molecule has 1 unspecified atom stereocenters. The summed E-state index contributed by atoms with van der Waals surface area (Å²) in [4.78, 5) is 16.5. The normalized spacial score (nSPS) is 19.6. The van der Waals surface area contributed by atoms with E-state index in [-0.39, 0.29) is 17.8 Å². The van der Waals surface area contributed by atoms with E-state index in [0.717, 1.165) is 24.1 Å². The van der Waals surface area contributed by atoms with Gasteiger partial charge in [-0.15, -0.1) is 0 Å². The number of hydrogen-bond donors (Lipinski definition) is 0. The Morgan fingerprint density at radius 1 is 1.20 bits per heavy atom. The van der Waals surface area contributed by atoms with E-state index in [9.17, 15) is 9.18 Å². The fourth-order valence-electron chi connectivity index (χ4n) is 3.82. The Bertz CT molecular complexity index is 757. The molecule has 0 fully saturated rings. The maximum atomic E-state index is 13.3. The van der Waals surface area contributed by atoms with Crippen LogP contribution in [0.1, 0.15) is 39.2 Å². The van der Waals surface area contributed by atoms with Crippen molar-refractivity contribution < 1.29 is 9.18 Å². The van der Waals surface area contributed by atoms with Crippen molar-refractivity contribution in [1.82, 2.24) is 9.80 Å². The SMILES string of the molecule is CCC(CC)C1=CC2N(C)C(c3ccc(F)cc3)=C(C(C)=O)N2C=C1. The van der Waals surface area contributed by atoms with Crippen LogP contribution in [0.3, 0.4) is 0 Å². The number of benzene rings is 1. The van der Waals surface area contributed by atoms with Crippen LogP contribution in [0.5, 0.6) is 0 Å². The third-order valence-corrected chi connectivity index (χ3v) is 5.19. The molecule has 132 valence electrons. The molecule has 1 aromatic carbocycles. The molecule has 0 aliphatic carbocycles. The number of Topliss-reactive ketones (excluding diaryl/α,β-unsaturated/α-hetero) is 1. The van der Waals surface area contributed by atoms with E-state index in [4.69, 9.17) is 0 Å². The minimum Gasteiger partial charge on any atom is -0.348 e. The maximum Gasteiger partial charge on any atom is 0.178 e. The Hall–Kier alpha value is -2.36. The highest BCUT2D eigenvalue weighted by atomic mass is 19.1. The zero-order valence-corrected chi connectivity index (χ0v) is 15.3. The van der Waals surface area contributed by atoms with Gasteiger partial charge in [0, 0.05) is 25.7 Å². The van der Waals surface area contributed by atoms with Crippen LogP contribution in [0.25, 0.3) is 5.70 Å². The third-order valence-electron chi connectivity index (χ3n) is 5.19. The summed E-state index contributed by atoms with van der Waals surface area (Å²) in [5.41, 5.74) is 3.69. The smallest absolute Gasteiger partial charge is 0.178 e. The number of likely N-dealkylation sites (N-methyl/N-ethyl adjacent to an activating group) is 1. The van der Waals surface area contributed by atoms with Gasteiger partial charge in [0.2, 0.25) is 0 Å². The van der Waals surface area contributed by atoms with Crippen molar-refractivity contribution in [2.45, 2.75) is 39.8 Å². The molecule has 25 heavy (non-hydrogen) atoms. The molecule has 2 aliphatic rings. The first-order valence-electron chi connectivity index (χ1n) is 8.90. The van der Waals surface area contributed by atoms with Crippen LogP contribution in [0, 0.1) is 11.7 Å². The highest BCUT2D eigenvalue weighted by Gasteiger charge is 2.38. The number of nitrogens with zero attached hydrogens (tertiary/aromatic N) is 2. The fraction of sp³-hybridized carbons (Fsp3) is 0.381. The zero-order chi connectivity index (χ0) is 18.1. The van der Waals surface area contributed by atoms with Gasteiger partial charge in [-0.25, -0.2) is 4.39 Å². The zero-order valence-electron chi connectivity index (χ0n) is 15.3. The van der Waals surface area contributed by atoms with Gasteiger partial charge >= 0.3 is 0 Å². The molecule has 0 N–H and O–H groups in total. The van der Waals surface area contributed by atoms with Gasteiger partial charge in [-0.1, -0.05) is 13.8 Å². The molecule has 0 spiro atoms. The number of ketones is 1. The number of fused-ring (bicyclic) bond motifs is 1. The predicted molar refractivity (Wildman–Crippen MR) is 98.7 cm³/mol. The summed E-state index contributed by atoms with van der Waals surface area (Å²) in [7, 11) is 1.99. The number of halogens is 1. The number of hydrogen-bond acceptors (Lipinski definition) is 3. The molecule has 0 saturated heterocycles. The van der Waals surface area contributed by atoms with Crippen molar-refractivity contribution in [2.75, 3.05) is 7.05 Å². The van der Waals surface area contributed by atoms with Crippen molar-refractivity contribution in [2.24, 2.45) is 5.92 Å². The van der Waals surface area contributed by atoms with Crippen molar-refractivity contribution in [3.63, 3.8) is 0 Å². The molecular weight excluding hydrogens is 315 g/mol. The Kier molecular flexibility index (Phi) is 4.80. The molecule has 2 heterocycles. The van der Waals surface area contributed by atoms with Gasteiger partial charge in [0.1, 0.15) is 17.7 Å². The number of allylic oxidation sites excluding steroid dienone is 3. The van der Waals surface area contributed by atoms with Gasteiger partial charge in [0.25, 0.3) is 0 Å². The third kappa shape index (κ3) is 3.01. The average molecular weight is 340 g/mol. The predicted octanol–water partition coefficient (Wildman–Crippen LogP) is 4.55. The Balaban J connectivity index is 2.04. The van der Waals surface area contributed by atoms with Crippen LogP contribution in [-0.2, 0) is 4.79 Å². The van der Waals surface area contributed by atoms with Gasteiger partial charge in [0.05, 0.1) is 5.70 Å². The summed E-state index contributed by atoms with van der Waals surface area (Å²) in [6.45, 7) is 6.00. The van der Waals surface area contributed by atoms with Crippen molar-refractivity contribution in [1.29, 1.82) is 0 Å². The van der Waals surface area contributed by atoms with Gasteiger partial charge in [-0.3, -0.25) is 4.79 Å². The van der Waals surface area contributed by atoms with Crippen LogP contribution in [0.15, 0.2) is 53.9 Å². The molecule has 2 aliphatic heterocycles. The molecule has 0 aromatic heterocycles. The molecule has 1 aromatic rings. The van der Waals surface area contributed by atoms with Gasteiger partial charge in [0.15, 0.2) is 5.78 Å². The van der Waals surface area contributed by atoms with Crippen LogP contribution in [0.2, 0.25) is 0 Å². The van der Waals surface area contributed by atoms with Gasteiger partial charge < -0.3 is 9.80 Å². The first kappa shape index (κ1) is 17.5. The van der Waals surface area contributed by atoms with E-state index >= 15 is 0 Å². The first-order chi connectivity index (χ1) is 12.0. The summed E-state index contributed by atoms with van der Waals surface area (Å²) in [5, 5.41) is 0. The molecular formula is C21H25FN2O. The summed E-state index contributed by atoms with van der Waals surface area (Å²) in [6.07, 6.45) is 8.57. The minimum atomic E-state index is -0.275. The second-order valence-corrected chi connectivity index (χ2v) is 6.69. The van der Waals surface area contributed by atoms with Crippen LogP contribution < -0.4 is 0 Å². The topological polar surface area (TPSA) is 23.6 Å². The Morgan fingerprint density at radius 2 is 1.84 bits per heavy atom. The van der Waals surface area contributed by atoms with E-state index in [0.29, 0.717) is 11.6 Å². The first-order valence-corrected chi connectivity index (χ1v) is 8.90. The van der Waals surface area contributed by atoms with E-state index in [1.54, 1.807) is 19.1 Å². The average Bonchev–Trinajstić information content (AvgIpc) is 2.90. The quantitative estimate of drug-likeness (QED) is 0.786. The summed E-state index contributed by atoms with van der Waals surface area (Å²) in [5.74, 6) is 0.267. The highest BCUT2D eigenvalue weighted by Crippen LogP contribution is 2.39. The molecule has 1 atom stereocenters. The lowest BCUT2D eigenvalue weighted by Gasteiger charge is -2.32. The summed E-state index contributed by atoms with van der Waals surface area (Å²) < 4.78 is 13.3. The van der Waals surface area contributed by atoms with Crippen LogP contribution in [-0.4, -0.2) is 28.8 Å². The van der Waals surface area contributed by atoms with Crippen molar-refractivity contribution in [3.05, 3.63) is 65.3 Å².